The maximum absolute atomic E-state index is 11.1. The maximum Gasteiger partial charge on any atom is 0.407 e. The van der Waals surface area contributed by atoms with Crippen molar-refractivity contribution in [3.63, 3.8) is 0 Å². The summed E-state index contributed by atoms with van der Waals surface area (Å²) in [6, 6.07) is 18.5. The van der Waals surface area contributed by atoms with Crippen molar-refractivity contribution in [3.05, 3.63) is 66.2 Å². The van der Waals surface area contributed by atoms with E-state index < -0.39 is 6.09 Å². The van der Waals surface area contributed by atoms with Gasteiger partial charge in [-0.2, -0.15) is 0 Å². The van der Waals surface area contributed by atoms with Gasteiger partial charge in [-0.05, 0) is 23.6 Å². The Morgan fingerprint density at radius 2 is 1.79 bits per heavy atom. The second-order valence-corrected chi connectivity index (χ2v) is 5.99. The topological polar surface area (TPSA) is 56.3 Å². The summed E-state index contributed by atoms with van der Waals surface area (Å²) >= 11 is 0. The van der Waals surface area contributed by atoms with Crippen LogP contribution in [0.3, 0.4) is 0 Å². The van der Waals surface area contributed by atoms with Gasteiger partial charge in [-0.15, -0.1) is 0 Å². The number of amides is 1. The molecule has 2 heterocycles. The Kier molecular flexibility index (Phi) is 3.58. The van der Waals surface area contributed by atoms with E-state index in [1.165, 1.54) is 21.4 Å². The molecule has 4 nitrogen and oxygen atoms in total. The van der Waals surface area contributed by atoms with E-state index in [1.54, 1.807) is 0 Å². The first-order chi connectivity index (χ1) is 11.7. The molecular formula is C20H18N2O2. The van der Waals surface area contributed by atoms with E-state index in [2.05, 4.69) is 29.2 Å². The molecule has 2 aromatic carbocycles. The molecule has 2 N–H and O–H groups in total. The third-order valence-electron chi connectivity index (χ3n) is 4.57. The molecule has 0 unspecified atom stereocenters. The van der Waals surface area contributed by atoms with Gasteiger partial charge in [-0.1, -0.05) is 54.6 Å². The van der Waals surface area contributed by atoms with Crippen molar-refractivity contribution in [2.75, 3.05) is 13.1 Å². The van der Waals surface area contributed by atoms with Crippen LogP contribution in [0.5, 0.6) is 0 Å². The minimum absolute atomic E-state index is 0.443. The summed E-state index contributed by atoms with van der Waals surface area (Å²) in [5.74, 6) is 0. The first kappa shape index (κ1) is 14.6. The second kappa shape index (κ2) is 5.89. The van der Waals surface area contributed by atoms with Gasteiger partial charge in [0.05, 0.1) is 5.69 Å². The third kappa shape index (κ3) is 2.46. The Morgan fingerprint density at radius 3 is 2.50 bits per heavy atom. The molecule has 1 aliphatic rings. The lowest BCUT2D eigenvalue weighted by Gasteiger charge is -2.24. The molecule has 0 radical (unpaired) electrons. The number of H-pyrrole nitrogens is 1. The van der Waals surface area contributed by atoms with Gasteiger partial charge in [0.2, 0.25) is 0 Å². The van der Waals surface area contributed by atoms with Crippen LogP contribution in [0.25, 0.3) is 27.7 Å². The number of aromatic nitrogens is 1. The van der Waals surface area contributed by atoms with Crippen molar-refractivity contribution in [3.8, 4) is 11.3 Å². The quantitative estimate of drug-likeness (QED) is 0.725. The molecule has 1 aliphatic heterocycles. The molecule has 24 heavy (non-hydrogen) atoms. The average Bonchev–Trinajstić information content (AvgIpc) is 3.02. The predicted molar refractivity (Wildman–Crippen MR) is 95.9 cm³/mol. The molecule has 0 fully saturated rings. The first-order valence-electron chi connectivity index (χ1n) is 8.07. The molecule has 3 aromatic rings. The Hall–Kier alpha value is -3.01. The van der Waals surface area contributed by atoms with E-state index in [1.807, 2.05) is 36.4 Å². The molecular weight excluding hydrogens is 300 g/mol. The van der Waals surface area contributed by atoms with Crippen molar-refractivity contribution in [1.82, 2.24) is 9.88 Å². The zero-order chi connectivity index (χ0) is 16.5. The number of carboxylic acid groups (broad SMARTS) is 1. The monoisotopic (exact) mass is 318 g/mol. The summed E-state index contributed by atoms with van der Waals surface area (Å²) in [4.78, 5) is 16.1. The highest BCUT2D eigenvalue weighted by atomic mass is 16.4. The van der Waals surface area contributed by atoms with Gasteiger partial charge in [0.1, 0.15) is 0 Å². The van der Waals surface area contributed by atoms with E-state index in [4.69, 9.17) is 5.11 Å². The van der Waals surface area contributed by atoms with Crippen LogP contribution in [0.2, 0.25) is 0 Å². The highest BCUT2D eigenvalue weighted by Crippen LogP contribution is 2.37. The number of aromatic amines is 1. The van der Waals surface area contributed by atoms with Crippen LogP contribution in [0, 0.1) is 0 Å². The molecule has 4 rings (SSSR count). The Balaban J connectivity index is 1.86. The summed E-state index contributed by atoms with van der Waals surface area (Å²) in [7, 11) is 0. The normalized spacial score (nSPS) is 14.7. The van der Waals surface area contributed by atoms with Gasteiger partial charge in [0.25, 0.3) is 0 Å². The molecule has 0 saturated carbocycles. The molecule has 0 spiro atoms. The standard InChI is InChI=1S/C20H18N2O2/c23-20(24)22-12-10-14(11-13-22)18-16-8-4-5-9-17(16)21-19(18)15-6-2-1-3-7-15/h1-10,21H,11-13H2,(H,23,24). The summed E-state index contributed by atoms with van der Waals surface area (Å²) in [5, 5.41) is 10.3. The highest BCUT2D eigenvalue weighted by molar-refractivity contribution is 6.00. The van der Waals surface area contributed by atoms with Crippen molar-refractivity contribution >= 4 is 22.6 Å². The van der Waals surface area contributed by atoms with Crippen molar-refractivity contribution < 1.29 is 9.90 Å². The lowest BCUT2D eigenvalue weighted by Crippen LogP contribution is -2.33. The van der Waals surface area contributed by atoms with E-state index in [-0.39, 0.29) is 0 Å². The van der Waals surface area contributed by atoms with Crippen LogP contribution in [-0.2, 0) is 0 Å². The molecule has 1 amide bonds. The van der Waals surface area contributed by atoms with Crippen LogP contribution in [0.4, 0.5) is 4.79 Å². The largest absolute Gasteiger partial charge is 0.465 e. The van der Waals surface area contributed by atoms with Crippen LogP contribution in [0.15, 0.2) is 60.7 Å². The van der Waals surface area contributed by atoms with E-state index in [0.29, 0.717) is 13.1 Å². The van der Waals surface area contributed by atoms with Gasteiger partial charge < -0.3 is 15.0 Å². The van der Waals surface area contributed by atoms with Crippen LogP contribution in [-0.4, -0.2) is 34.2 Å². The number of hydrogen-bond donors (Lipinski definition) is 2. The van der Waals surface area contributed by atoms with Crippen LogP contribution < -0.4 is 0 Å². The lowest BCUT2D eigenvalue weighted by molar-refractivity contribution is 0.150. The molecule has 0 atom stereocenters. The Morgan fingerprint density at radius 1 is 1.04 bits per heavy atom. The van der Waals surface area contributed by atoms with Gasteiger partial charge >= 0.3 is 6.09 Å². The maximum atomic E-state index is 11.1. The van der Waals surface area contributed by atoms with Gasteiger partial charge in [0.15, 0.2) is 0 Å². The Bertz CT molecular complexity index is 925. The van der Waals surface area contributed by atoms with E-state index in [9.17, 15) is 4.79 Å². The van der Waals surface area contributed by atoms with Crippen molar-refractivity contribution in [1.29, 1.82) is 0 Å². The molecule has 1 aromatic heterocycles. The summed E-state index contributed by atoms with van der Waals surface area (Å²) in [6.45, 7) is 0.979. The van der Waals surface area contributed by atoms with E-state index in [0.717, 1.165) is 23.2 Å². The number of para-hydroxylation sites is 1. The third-order valence-corrected chi connectivity index (χ3v) is 4.57. The number of benzene rings is 2. The van der Waals surface area contributed by atoms with Crippen LogP contribution >= 0.6 is 0 Å². The smallest absolute Gasteiger partial charge is 0.407 e. The first-order valence-corrected chi connectivity index (χ1v) is 8.07. The number of rotatable bonds is 2. The average molecular weight is 318 g/mol. The zero-order valence-electron chi connectivity index (χ0n) is 13.2. The van der Waals surface area contributed by atoms with Crippen LogP contribution in [0.1, 0.15) is 12.0 Å². The number of nitrogens with zero attached hydrogens (tertiary/aromatic N) is 1. The number of fused-ring (bicyclic) bond motifs is 1. The fourth-order valence-corrected chi connectivity index (χ4v) is 3.37. The lowest BCUT2D eigenvalue weighted by atomic mass is 9.94. The molecule has 0 saturated heterocycles. The minimum Gasteiger partial charge on any atom is -0.465 e. The predicted octanol–water partition coefficient (Wildman–Crippen LogP) is 4.60. The molecule has 0 aliphatic carbocycles. The van der Waals surface area contributed by atoms with Gasteiger partial charge in [0, 0.05) is 29.6 Å². The zero-order valence-corrected chi connectivity index (χ0v) is 13.2. The number of carbonyl (C=O) groups is 1. The summed E-state index contributed by atoms with van der Waals surface area (Å²) in [6.07, 6.45) is 1.92. The summed E-state index contributed by atoms with van der Waals surface area (Å²) < 4.78 is 0. The van der Waals surface area contributed by atoms with Crippen molar-refractivity contribution in [2.24, 2.45) is 0 Å². The van der Waals surface area contributed by atoms with Crippen molar-refractivity contribution in [2.45, 2.75) is 6.42 Å². The minimum atomic E-state index is -0.854. The van der Waals surface area contributed by atoms with Gasteiger partial charge in [-0.25, -0.2) is 4.79 Å². The fraction of sp³-hybridized carbons (Fsp3) is 0.150. The van der Waals surface area contributed by atoms with E-state index >= 15 is 0 Å². The van der Waals surface area contributed by atoms with Gasteiger partial charge in [-0.3, -0.25) is 0 Å². The molecule has 120 valence electrons. The number of hydrogen-bond acceptors (Lipinski definition) is 1. The highest BCUT2D eigenvalue weighted by Gasteiger charge is 2.21. The molecule has 4 heteroatoms. The molecule has 0 bridgehead atoms. The Labute approximate surface area is 140 Å². The number of nitrogens with one attached hydrogen (secondary N) is 1. The fourth-order valence-electron chi connectivity index (χ4n) is 3.37. The summed E-state index contributed by atoms with van der Waals surface area (Å²) in [5.41, 5.74) is 5.76. The second-order valence-electron chi connectivity index (χ2n) is 5.99. The SMILES string of the molecule is O=C(O)N1CC=C(c2c(-c3ccccc3)[nH]c3ccccc23)CC1.